The summed E-state index contributed by atoms with van der Waals surface area (Å²) in [6.07, 6.45) is 2.62. The Morgan fingerprint density at radius 1 is 1.64 bits per heavy atom. The molecule has 0 aliphatic carbocycles. The molecule has 0 radical (unpaired) electrons. The van der Waals surface area contributed by atoms with Gasteiger partial charge in [-0.25, -0.2) is 0 Å². The van der Waals surface area contributed by atoms with Crippen molar-refractivity contribution >= 4 is 15.9 Å². The zero-order chi connectivity index (χ0) is 8.10. The number of hydrogen-bond donors (Lipinski definition) is 0. The van der Waals surface area contributed by atoms with E-state index in [1.54, 1.807) is 13.4 Å². The Bertz CT molecular complexity index is 187. The van der Waals surface area contributed by atoms with E-state index in [1.165, 1.54) is 0 Å². The molecule has 2 nitrogen and oxygen atoms in total. The van der Waals surface area contributed by atoms with Crippen LogP contribution >= 0.6 is 15.9 Å². The van der Waals surface area contributed by atoms with Gasteiger partial charge in [0.2, 0.25) is 0 Å². The molecule has 11 heavy (non-hydrogen) atoms. The molecule has 62 valence electrons. The van der Waals surface area contributed by atoms with Crippen LogP contribution in [-0.4, -0.2) is 12.4 Å². The normalized spacial score (nSPS) is 10.4. The third-order valence-electron chi connectivity index (χ3n) is 1.46. The summed E-state index contributed by atoms with van der Waals surface area (Å²) in [6, 6.07) is 1.95. The highest BCUT2D eigenvalue weighted by molar-refractivity contribution is 9.09. The van der Waals surface area contributed by atoms with E-state index in [1.807, 2.05) is 6.07 Å². The zero-order valence-electron chi connectivity index (χ0n) is 6.47. The molecule has 1 heterocycles. The molecule has 0 saturated carbocycles. The van der Waals surface area contributed by atoms with Gasteiger partial charge < -0.3 is 9.15 Å². The van der Waals surface area contributed by atoms with Crippen LogP contribution in [0.1, 0.15) is 11.3 Å². The summed E-state index contributed by atoms with van der Waals surface area (Å²) in [6.45, 7) is 0.638. The van der Waals surface area contributed by atoms with Gasteiger partial charge in [-0.2, -0.15) is 0 Å². The molecule has 0 atom stereocenters. The topological polar surface area (TPSA) is 22.4 Å². The maximum atomic E-state index is 5.25. The van der Waals surface area contributed by atoms with E-state index < -0.39 is 0 Å². The molecule has 0 saturated heterocycles. The van der Waals surface area contributed by atoms with Crippen LogP contribution in [-0.2, 0) is 17.8 Å². The van der Waals surface area contributed by atoms with Crippen molar-refractivity contribution in [1.29, 1.82) is 0 Å². The number of methoxy groups -OCH3 is 1. The van der Waals surface area contributed by atoms with Crippen molar-refractivity contribution in [3.05, 3.63) is 23.7 Å². The van der Waals surface area contributed by atoms with Crippen LogP contribution in [0.5, 0.6) is 0 Å². The summed E-state index contributed by atoms with van der Waals surface area (Å²) >= 11 is 3.36. The van der Waals surface area contributed by atoms with E-state index in [2.05, 4.69) is 15.9 Å². The highest BCUT2D eigenvalue weighted by Crippen LogP contribution is 2.12. The Kier molecular flexibility index (Phi) is 3.66. The van der Waals surface area contributed by atoms with Gasteiger partial charge in [-0.15, -0.1) is 0 Å². The highest BCUT2D eigenvalue weighted by Gasteiger charge is 2.03. The Labute approximate surface area is 74.7 Å². The summed E-state index contributed by atoms with van der Waals surface area (Å²) in [5, 5.41) is 0.928. The van der Waals surface area contributed by atoms with Gasteiger partial charge in [0.15, 0.2) is 0 Å². The fourth-order valence-corrected chi connectivity index (χ4v) is 1.32. The third-order valence-corrected chi connectivity index (χ3v) is 1.86. The molecule has 1 aromatic rings. The minimum absolute atomic E-state index is 0.638. The van der Waals surface area contributed by atoms with Gasteiger partial charge in [0.05, 0.1) is 12.9 Å². The zero-order valence-corrected chi connectivity index (χ0v) is 8.06. The molecule has 0 unspecified atom stereocenters. The average molecular weight is 219 g/mol. The lowest BCUT2D eigenvalue weighted by molar-refractivity contribution is 0.183. The van der Waals surface area contributed by atoms with Crippen LogP contribution in [0, 0.1) is 0 Å². The fourth-order valence-electron chi connectivity index (χ4n) is 0.956. The van der Waals surface area contributed by atoms with E-state index in [4.69, 9.17) is 9.15 Å². The van der Waals surface area contributed by atoms with Crippen molar-refractivity contribution in [2.24, 2.45) is 0 Å². The first-order valence-electron chi connectivity index (χ1n) is 3.48. The van der Waals surface area contributed by atoms with E-state index in [-0.39, 0.29) is 0 Å². The molecule has 0 amide bonds. The van der Waals surface area contributed by atoms with Crippen molar-refractivity contribution in [1.82, 2.24) is 0 Å². The van der Waals surface area contributed by atoms with Gasteiger partial charge in [0.1, 0.15) is 5.76 Å². The lowest BCUT2D eigenvalue weighted by atomic mass is 10.2. The standard InChI is InChI=1S/C8H11BrO2/c1-10-6-7-3-5-11-8(7)2-4-9/h3,5H,2,4,6H2,1H3. The number of furan rings is 1. The molecule has 0 spiro atoms. The van der Waals surface area contributed by atoms with Gasteiger partial charge in [-0.1, -0.05) is 15.9 Å². The van der Waals surface area contributed by atoms with Crippen molar-refractivity contribution in [2.45, 2.75) is 13.0 Å². The molecule has 0 aliphatic heterocycles. The quantitative estimate of drug-likeness (QED) is 0.725. The largest absolute Gasteiger partial charge is 0.469 e. The first kappa shape index (κ1) is 8.81. The molecule has 3 heteroatoms. The molecule has 0 aromatic carbocycles. The molecule has 0 fully saturated rings. The van der Waals surface area contributed by atoms with Gasteiger partial charge >= 0.3 is 0 Å². The van der Waals surface area contributed by atoms with Crippen molar-refractivity contribution < 1.29 is 9.15 Å². The van der Waals surface area contributed by atoms with Gasteiger partial charge in [-0.3, -0.25) is 0 Å². The molecular weight excluding hydrogens is 208 g/mol. The minimum atomic E-state index is 0.638. The Balaban J connectivity index is 2.62. The van der Waals surface area contributed by atoms with Gasteiger partial charge in [0, 0.05) is 24.4 Å². The number of ether oxygens (including phenoxy) is 1. The van der Waals surface area contributed by atoms with E-state index in [0.717, 1.165) is 23.1 Å². The van der Waals surface area contributed by atoms with E-state index in [0.29, 0.717) is 6.61 Å². The number of aryl methyl sites for hydroxylation is 1. The van der Waals surface area contributed by atoms with Crippen molar-refractivity contribution in [2.75, 3.05) is 12.4 Å². The maximum Gasteiger partial charge on any atom is 0.110 e. The maximum absolute atomic E-state index is 5.25. The molecular formula is C8H11BrO2. The summed E-state index contributed by atoms with van der Waals surface area (Å²) < 4.78 is 10.2. The second kappa shape index (κ2) is 4.57. The second-order valence-corrected chi connectivity index (χ2v) is 3.03. The molecule has 1 aromatic heterocycles. The van der Waals surface area contributed by atoms with Gasteiger partial charge in [0.25, 0.3) is 0 Å². The van der Waals surface area contributed by atoms with E-state index in [9.17, 15) is 0 Å². The molecule has 0 N–H and O–H groups in total. The molecule has 0 aliphatic rings. The first-order valence-corrected chi connectivity index (χ1v) is 4.60. The van der Waals surface area contributed by atoms with Crippen LogP contribution in [0.25, 0.3) is 0 Å². The number of rotatable bonds is 4. The van der Waals surface area contributed by atoms with Crippen LogP contribution in [0.15, 0.2) is 16.7 Å². The van der Waals surface area contributed by atoms with Gasteiger partial charge in [-0.05, 0) is 6.07 Å². The van der Waals surface area contributed by atoms with Crippen LogP contribution in [0.4, 0.5) is 0 Å². The average Bonchev–Trinajstić information content (AvgIpc) is 2.39. The minimum Gasteiger partial charge on any atom is -0.469 e. The molecule has 0 bridgehead atoms. The second-order valence-electron chi connectivity index (χ2n) is 2.24. The monoisotopic (exact) mass is 218 g/mol. The van der Waals surface area contributed by atoms with E-state index >= 15 is 0 Å². The summed E-state index contributed by atoms with van der Waals surface area (Å²) in [5.41, 5.74) is 1.15. The predicted octanol–water partition coefficient (Wildman–Crippen LogP) is 2.36. The Morgan fingerprint density at radius 3 is 3.09 bits per heavy atom. The Morgan fingerprint density at radius 2 is 2.45 bits per heavy atom. The van der Waals surface area contributed by atoms with Crippen molar-refractivity contribution in [3.8, 4) is 0 Å². The first-order chi connectivity index (χ1) is 5.38. The molecule has 1 rings (SSSR count). The Hall–Kier alpha value is -0.280. The number of hydrogen-bond acceptors (Lipinski definition) is 2. The lowest BCUT2D eigenvalue weighted by Crippen LogP contribution is -1.91. The SMILES string of the molecule is COCc1ccoc1CCBr. The summed E-state index contributed by atoms with van der Waals surface area (Å²) in [7, 11) is 1.69. The highest BCUT2D eigenvalue weighted by atomic mass is 79.9. The fraction of sp³-hybridized carbons (Fsp3) is 0.500. The summed E-state index contributed by atoms with van der Waals surface area (Å²) in [5.74, 6) is 1.02. The van der Waals surface area contributed by atoms with Crippen molar-refractivity contribution in [3.63, 3.8) is 0 Å². The number of alkyl halides is 1. The third kappa shape index (κ3) is 2.34. The smallest absolute Gasteiger partial charge is 0.110 e. The number of halogens is 1. The predicted molar refractivity (Wildman–Crippen MR) is 46.9 cm³/mol. The van der Waals surface area contributed by atoms with Crippen LogP contribution in [0.3, 0.4) is 0 Å². The van der Waals surface area contributed by atoms with Crippen LogP contribution < -0.4 is 0 Å². The lowest BCUT2D eigenvalue weighted by Gasteiger charge is -1.97. The summed E-state index contributed by atoms with van der Waals surface area (Å²) in [4.78, 5) is 0. The van der Waals surface area contributed by atoms with Crippen LogP contribution in [0.2, 0.25) is 0 Å².